The van der Waals surface area contributed by atoms with E-state index in [0.29, 0.717) is 32.4 Å². The Hall–Kier alpha value is -1.14. The minimum absolute atomic E-state index is 0.0141. The molecule has 2 N–H and O–H groups in total. The Bertz CT molecular complexity index is 407. The normalized spacial score (nSPS) is 13.5. The summed E-state index contributed by atoms with van der Waals surface area (Å²) in [5, 5.41) is 11.7. The summed E-state index contributed by atoms with van der Waals surface area (Å²) in [6, 6.07) is 0. The molecule has 1 amide bonds. The molecule has 25 heavy (non-hydrogen) atoms. The number of hydrogen-bond acceptors (Lipinski definition) is 4. The third-order valence-corrected chi connectivity index (χ3v) is 4.51. The summed E-state index contributed by atoms with van der Waals surface area (Å²) < 4.78 is 11.3. The predicted octanol–water partition coefficient (Wildman–Crippen LogP) is 3.38. The van der Waals surface area contributed by atoms with Gasteiger partial charge in [0, 0.05) is 20.1 Å². The summed E-state index contributed by atoms with van der Waals surface area (Å²) in [5.74, 6) is -1.07. The van der Waals surface area contributed by atoms with Crippen LogP contribution in [0.4, 0.5) is 0 Å². The number of carboxylic acids is 1. The second-order valence-corrected chi connectivity index (χ2v) is 7.91. The van der Waals surface area contributed by atoms with Crippen molar-refractivity contribution in [1.82, 2.24) is 5.32 Å². The number of unbranched alkanes of at least 4 members (excludes halogenated alkanes) is 1. The fourth-order valence-electron chi connectivity index (χ4n) is 2.18. The summed E-state index contributed by atoms with van der Waals surface area (Å²) in [6.07, 6.45) is 4.12. The van der Waals surface area contributed by atoms with Gasteiger partial charge in [-0.25, -0.2) is 0 Å². The molecule has 1 atom stereocenters. The van der Waals surface area contributed by atoms with Gasteiger partial charge in [-0.3, -0.25) is 9.59 Å². The van der Waals surface area contributed by atoms with Crippen molar-refractivity contribution >= 4 is 11.9 Å². The molecule has 0 bridgehead atoms. The molecule has 0 heterocycles. The molecular weight excluding hydrogens is 322 g/mol. The topological polar surface area (TPSA) is 84.9 Å². The molecular formula is C19H37NO5. The lowest BCUT2D eigenvalue weighted by Crippen LogP contribution is -2.32. The molecule has 0 spiro atoms. The van der Waals surface area contributed by atoms with Crippen molar-refractivity contribution in [3.8, 4) is 0 Å². The summed E-state index contributed by atoms with van der Waals surface area (Å²) in [4.78, 5) is 22.6. The van der Waals surface area contributed by atoms with Crippen LogP contribution in [0.3, 0.4) is 0 Å². The average Bonchev–Trinajstić information content (AvgIpc) is 2.52. The fourth-order valence-corrected chi connectivity index (χ4v) is 2.18. The molecule has 6 heteroatoms. The molecule has 0 aromatic rings. The van der Waals surface area contributed by atoms with E-state index in [9.17, 15) is 9.59 Å². The van der Waals surface area contributed by atoms with Gasteiger partial charge in [0.15, 0.2) is 0 Å². The van der Waals surface area contributed by atoms with Gasteiger partial charge in [-0.05, 0) is 53.4 Å². The number of ether oxygens (including phenoxy) is 2. The monoisotopic (exact) mass is 359 g/mol. The molecule has 0 aliphatic heterocycles. The average molecular weight is 360 g/mol. The molecule has 6 nitrogen and oxygen atoms in total. The number of nitrogens with one attached hydrogen (secondary N) is 1. The summed E-state index contributed by atoms with van der Waals surface area (Å²) >= 11 is 0. The summed E-state index contributed by atoms with van der Waals surface area (Å²) in [5.41, 5.74) is -0.552. The first kappa shape index (κ1) is 23.9. The fraction of sp³-hybridized carbons (Fsp3) is 0.895. The van der Waals surface area contributed by atoms with Gasteiger partial charge in [-0.2, -0.15) is 0 Å². The zero-order valence-corrected chi connectivity index (χ0v) is 16.8. The molecule has 0 aliphatic rings. The number of carbonyl (C=O) groups is 2. The molecule has 148 valence electrons. The number of hydrogen-bond donors (Lipinski definition) is 2. The van der Waals surface area contributed by atoms with Crippen LogP contribution in [0.15, 0.2) is 0 Å². The highest BCUT2D eigenvalue weighted by Crippen LogP contribution is 2.20. The van der Waals surface area contributed by atoms with Crippen molar-refractivity contribution in [2.75, 3.05) is 20.3 Å². The van der Waals surface area contributed by atoms with Crippen LogP contribution in [0.1, 0.15) is 73.1 Å². The highest BCUT2D eigenvalue weighted by atomic mass is 16.5. The van der Waals surface area contributed by atoms with Crippen molar-refractivity contribution in [3.63, 3.8) is 0 Å². The van der Waals surface area contributed by atoms with Crippen molar-refractivity contribution in [2.45, 2.75) is 84.3 Å². The van der Waals surface area contributed by atoms with E-state index in [0.717, 1.165) is 19.3 Å². The zero-order chi connectivity index (χ0) is 19.5. The minimum Gasteiger partial charge on any atom is -0.481 e. The summed E-state index contributed by atoms with van der Waals surface area (Å²) in [6.45, 7) is 10.9. The maximum Gasteiger partial charge on any atom is 0.306 e. The SMILES string of the molecule is COC(C)(C)CCOC(C)(C)CCC(=O)NCCCC[C@H](C)C(=O)O. The van der Waals surface area contributed by atoms with Crippen LogP contribution < -0.4 is 5.32 Å². The van der Waals surface area contributed by atoms with Crippen LogP contribution in [-0.4, -0.2) is 48.4 Å². The standard InChI is InChI=1S/C19H37NO5/c1-15(17(22)23)9-7-8-13-20-16(21)10-11-19(4,5)25-14-12-18(2,3)24-6/h15H,7-14H2,1-6H3,(H,20,21)(H,22,23)/t15-/m0/s1. The van der Waals surface area contributed by atoms with Gasteiger partial charge in [-0.1, -0.05) is 13.3 Å². The molecule has 0 fully saturated rings. The molecule has 0 rings (SSSR count). The van der Waals surface area contributed by atoms with Crippen molar-refractivity contribution in [2.24, 2.45) is 5.92 Å². The second-order valence-electron chi connectivity index (χ2n) is 7.91. The van der Waals surface area contributed by atoms with Crippen molar-refractivity contribution in [1.29, 1.82) is 0 Å². The van der Waals surface area contributed by atoms with Crippen LogP contribution in [0.2, 0.25) is 0 Å². The molecule has 0 aromatic heterocycles. The predicted molar refractivity (Wildman–Crippen MR) is 98.6 cm³/mol. The largest absolute Gasteiger partial charge is 0.481 e. The summed E-state index contributed by atoms with van der Waals surface area (Å²) in [7, 11) is 1.69. The lowest BCUT2D eigenvalue weighted by atomic mass is 10.0. The van der Waals surface area contributed by atoms with Gasteiger partial charge < -0.3 is 19.9 Å². The van der Waals surface area contributed by atoms with Crippen molar-refractivity contribution < 1.29 is 24.2 Å². The lowest BCUT2D eigenvalue weighted by Gasteiger charge is -2.28. The molecule has 0 unspecified atom stereocenters. The number of amides is 1. The van der Waals surface area contributed by atoms with E-state index < -0.39 is 5.97 Å². The Labute approximate surface area is 152 Å². The Kier molecular flexibility index (Phi) is 10.9. The smallest absolute Gasteiger partial charge is 0.306 e. The van der Waals surface area contributed by atoms with Gasteiger partial charge >= 0.3 is 5.97 Å². The van der Waals surface area contributed by atoms with Gasteiger partial charge in [-0.15, -0.1) is 0 Å². The van der Waals surface area contributed by atoms with Crippen LogP contribution in [0.25, 0.3) is 0 Å². The van der Waals surface area contributed by atoms with E-state index in [-0.39, 0.29) is 23.0 Å². The highest BCUT2D eigenvalue weighted by molar-refractivity contribution is 5.75. The molecule has 0 saturated carbocycles. The van der Waals surface area contributed by atoms with E-state index >= 15 is 0 Å². The van der Waals surface area contributed by atoms with E-state index in [1.165, 1.54) is 0 Å². The van der Waals surface area contributed by atoms with Crippen LogP contribution in [0, 0.1) is 5.92 Å². The van der Waals surface area contributed by atoms with Gasteiger partial charge in [0.25, 0.3) is 0 Å². The van der Waals surface area contributed by atoms with Crippen LogP contribution in [-0.2, 0) is 19.1 Å². The van der Waals surface area contributed by atoms with Crippen LogP contribution >= 0.6 is 0 Å². The van der Waals surface area contributed by atoms with Gasteiger partial charge in [0.1, 0.15) is 0 Å². The third kappa shape index (κ3) is 12.8. The third-order valence-electron chi connectivity index (χ3n) is 4.51. The number of carboxylic acid groups (broad SMARTS) is 1. The van der Waals surface area contributed by atoms with Gasteiger partial charge in [0.05, 0.1) is 23.7 Å². The minimum atomic E-state index is -0.764. The Morgan fingerprint density at radius 1 is 1.08 bits per heavy atom. The first-order valence-corrected chi connectivity index (χ1v) is 9.18. The Morgan fingerprint density at radius 2 is 1.72 bits per heavy atom. The van der Waals surface area contributed by atoms with Crippen molar-refractivity contribution in [3.05, 3.63) is 0 Å². The Morgan fingerprint density at radius 3 is 2.28 bits per heavy atom. The van der Waals surface area contributed by atoms with Gasteiger partial charge in [0.2, 0.25) is 5.91 Å². The number of rotatable bonds is 14. The maximum atomic E-state index is 11.9. The van der Waals surface area contributed by atoms with E-state index in [2.05, 4.69) is 5.32 Å². The number of carbonyl (C=O) groups excluding carboxylic acids is 1. The molecule has 0 aromatic carbocycles. The quantitative estimate of drug-likeness (QED) is 0.464. The second kappa shape index (κ2) is 11.5. The molecule has 0 saturated heterocycles. The number of methoxy groups -OCH3 is 1. The highest BCUT2D eigenvalue weighted by Gasteiger charge is 2.22. The Balaban J connectivity index is 3.83. The van der Waals surface area contributed by atoms with E-state index in [4.69, 9.17) is 14.6 Å². The van der Waals surface area contributed by atoms with Crippen LogP contribution in [0.5, 0.6) is 0 Å². The molecule has 0 radical (unpaired) electrons. The maximum absolute atomic E-state index is 11.9. The lowest BCUT2D eigenvalue weighted by molar-refractivity contribution is -0.141. The number of aliphatic carboxylic acids is 1. The first-order valence-electron chi connectivity index (χ1n) is 9.18. The van der Waals surface area contributed by atoms with E-state index in [1.54, 1.807) is 14.0 Å². The van der Waals surface area contributed by atoms with E-state index in [1.807, 2.05) is 27.7 Å². The molecule has 0 aliphatic carbocycles. The zero-order valence-electron chi connectivity index (χ0n) is 16.8. The first-order chi connectivity index (χ1) is 11.5.